The molecule has 0 fully saturated rings. The Morgan fingerprint density at radius 2 is 0.671 bits per heavy atom. The van der Waals surface area contributed by atoms with Gasteiger partial charge in [-0.1, -0.05) is 42.5 Å². The molecule has 0 amide bonds. The van der Waals surface area contributed by atoms with E-state index in [-0.39, 0.29) is 51.6 Å². The average molecular weight is 1130 g/mol. The van der Waals surface area contributed by atoms with Crippen LogP contribution >= 0.6 is 0 Å². The van der Waals surface area contributed by atoms with E-state index in [1.165, 1.54) is 84.6 Å². The number of esters is 4. The highest BCUT2D eigenvalue weighted by atomic mass is 16.6. The Bertz CT molecular complexity index is 3340. The first-order valence-electron chi connectivity index (χ1n) is 26.0. The van der Waals surface area contributed by atoms with Crippen molar-refractivity contribution in [2.45, 2.75) is 82.3 Å². The first-order valence-corrected chi connectivity index (χ1v) is 26.0. The van der Waals surface area contributed by atoms with Gasteiger partial charge >= 0.3 is 23.9 Å². The number of methoxy groups -OCH3 is 9. The maximum atomic E-state index is 13.8. The smallest absolute Gasteiger partial charge is 0.303 e. The Morgan fingerprint density at radius 3 is 1.04 bits per heavy atom. The van der Waals surface area contributed by atoms with E-state index in [2.05, 4.69) is 0 Å². The van der Waals surface area contributed by atoms with Gasteiger partial charge in [0.2, 0.25) is 17.2 Å². The minimum Gasteiger partial charge on any atom is -0.497 e. The van der Waals surface area contributed by atoms with Crippen LogP contribution in [0, 0.1) is 0 Å². The van der Waals surface area contributed by atoms with Crippen molar-refractivity contribution in [3.05, 3.63) is 142 Å². The van der Waals surface area contributed by atoms with Gasteiger partial charge in [-0.2, -0.15) is 0 Å². The summed E-state index contributed by atoms with van der Waals surface area (Å²) in [6.07, 6.45) is -8.29. The van der Waals surface area contributed by atoms with Crippen molar-refractivity contribution in [3.8, 4) is 69.0 Å². The number of benzene rings is 6. The quantitative estimate of drug-likeness (QED) is 0.0578. The van der Waals surface area contributed by atoms with Crippen LogP contribution in [0.2, 0.25) is 0 Å². The lowest BCUT2D eigenvalue weighted by Gasteiger charge is -2.43. The molecule has 3 aliphatic heterocycles. The molecule has 0 aliphatic carbocycles. The topological polar surface area (TPSA) is 216 Å². The van der Waals surface area contributed by atoms with Crippen molar-refractivity contribution in [2.24, 2.45) is 0 Å². The Kier molecular flexibility index (Phi) is 17.0. The van der Waals surface area contributed by atoms with Gasteiger partial charge in [0, 0.05) is 55.5 Å². The predicted octanol–water partition coefficient (Wildman–Crippen LogP) is 9.83. The van der Waals surface area contributed by atoms with Crippen LogP contribution in [0.15, 0.2) is 97.1 Å². The zero-order chi connectivity index (χ0) is 58.7. The molecule has 3 heterocycles. The third kappa shape index (κ3) is 10.7. The summed E-state index contributed by atoms with van der Waals surface area (Å²) in [6, 6.07) is 28.1. The summed E-state index contributed by atoms with van der Waals surface area (Å²) in [5, 5.41) is 0. The summed E-state index contributed by atoms with van der Waals surface area (Å²) < 4.78 is 100. The van der Waals surface area contributed by atoms with Gasteiger partial charge in [-0.25, -0.2) is 0 Å². The molecule has 0 saturated heterocycles. The number of ether oxygens (including phenoxy) is 16. The van der Waals surface area contributed by atoms with Crippen molar-refractivity contribution in [3.63, 3.8) is 0 Å². The molecule has 20 nitrogen and oxygen atoms in total. The molecular weight excluding hydrogens is 1060 g/mol. The van der Waals surface area contributed by atoms with E-state index in [1.807, 2.05) is 6.07 Å². The van der Waals surface area contributed by atoms with E-state index in [4.69, 9.17) is 75.8 Å². The standard InChI is InChI=1S/C62H64O20/c1-30(63)76-56-44-29-42(52(72-10)61(75-13)55(44)82-50(62(56)79-33(4)66)36-18-24-39(69-7)25-19-36)47-43-28-41(51(71-9)60(74-12)54(43)81-49(59(47)78-32(3)65)35-16-22-38(68-6)23-17-35)46-40-26-27-45(70-8)57(73-11)53(40)80-48(58(46)77-31(2)64)34-14-20-37(67-5)21-15-34/h14-29,46-50,56,58-59,62H,1-13H3/t46-,47+,48-,49-,50-,56-,58-,59-,62+/m1/s1. The molecule has 9 rings (SSSR count). The number of carbonyl (C=O) groups is 4. The normalized spacial score (nSPS) is 21.1. The van der Waals surface area contributed by atoms with Crippen LogP contribution in [0.1, 0.15) is 108 Å². The molecule has 0 N–H and O–H groups in total. The molecule has 3 aliphatic rings. The maximum Gasteiger partial charge on any atom is 0.303 e. The molecule has 6 aromatic carbocycles. The SMILES string of the molecule is COc1ccc([C@H]2Oc3c(cc([C@H]4c5cc([C@H]6c7ccc(OC)c(OC)c7O[C@H](c7ccc(OC)cc7)[C@@H]6OC(C)=O)c(OC)c(OC)c5O[C@H](c5ccc(OC)cc5)[C@@H]4OC(C)=O)c(OC)c3OC)[C@@H](OC(C)=O)[C@H]2OC(C)=O)cc1. The van der Waals surface area contributed by atoms with Gasteiger partial charge in [-0.3, -0.25) is 19.2 Å². The second-order valence-corrected chi connectivity index (χ2v) is 19.3. The van der Waals surface area contributed by atoms with E-state index < -0.39 is 78.4 Å². The summed E-state index contributed by atoms with van der Waals surface area (Å²) in [5.41, 5.74) is 3.41. The molecule has 82 heavy (non-hydrogen) atoms. The van der Waals surface area contributed by atoms with Crippen molar-refractivity contribution >= 4 is 23.9 Å². The molecule has 0 aromatic heterocycles. The fraction of sp³-hybridized carbons (Fsp3) is 0.355. The molecule has 6 aromatic rings. The van der Waals surface area contributed by atoms with Gasteiger partial charge in [0.1, 0.15) is 17.2 Å². The van der Waals surface area contributed by atoms with Gasteiger partial charge in [0.25, 0.3) is 0 Å². The molecular formula is C62H64O20. The third-order valence-corrected chi connectivity index (χ3v) is 14.6. The zero-order valence-corrected chi connectivity index (χ0v) is 47.6. The van der Waals surface area contributed by atoms with Crippen molar-refractivity contribution in [1.82, 2.24) is 0 Å². The van der Waals surface area contributed by atoms with Crippen LogP contribution in [0.4, 0.5) is 0 Å². The van der Waals surface area contributed by atoms with Crippen LogP contribution in [0.25, 0.3) is 0 Å². The minimum absolute atomic E-state index is 0.0416. The van der Waals surface area contributed by atoms with Crippen molar-refractivity contribution in [2.75, 3.05) is 64.0 Å². The van der Waals surface area contributed by atoms with Gasteiger partial charge in [0.15, 0.2) is 77.2 Å². The third-order valence-electron chi connectivity index (χ3n) is 14.6. The van der Waals surface area contributed by atoms with Gasteiger partial charge in [-0.15, -0.1) is 0 Å². The number of fused-ring (bicyclic) bond motifs is 3. The van der Waals surface area contributed by atoms with Crippen LogP contribution in [-0.2, 0) is 38.1 Å². The van der Waals surface area contributed by atoms with E-state index in [9.17, 15) is 19.2 Å². The summed E-state index contributed by atoms with van der Waals surface area (Å²) in [4.78, 5) is 54.0. The second-order valence-electron chi connectivity index (χ2n) is 19.3. The number of hydrogen-bond acceptors (Lipinski definition) is 20. The number of rotatable bonds is 18. The lowest BCUT2D eigenvalue weighted by atomic mass is 9.74. The molecule has 0 spiro atoms. The number of hydrogen-bond donors (Lipinski definition) is 0. The molecule has 0 unspecified atom stereocenters. The van der Waals surface area contributed by atoms with E-state index >= 15 is 0 Å². The number of carbonyl (C=O) groups excluding carboxylic acids is 4. The maximum absolute atomic E-state index is 13.8. The Balaban J connectivity index is 1.40. The fourth-order valence-corrected chi connectivity index (χ4v) is 11.3. The Hall–Kier alpha value is -9.20. The summed E-state index contributed by atoms with van der Waals surface area (Å²) in [5.74, 6) is -1.66. The van der Waals surface area contributed by atoms with Crippen LogP contribution in [0.5, 0.6) is 69.0 Å². The van der Waals surface area contributed by atoms with Crippen molar-refractivity contribution in [1.29, 1.82) is 0 Å². The highest BCUT2D eigenvalue weighted by molar-refractivity contribution is 5.74. The lowest BCUT2D eigenvalue weighted by molar-refractivity contribution is -0.178. The molecule has 0 bridgehead atoms. The van der Waals surface area contributed by atoms with Gasteiger partial charge in [0.05, 0.1) is 75.8 Å². The fourth-order valence-electron chi connectivity index (χ4n) is 11.3. The van der Waals surface area contributed by atoms with Crippen LogP contribution < -0.4 is 56.8 Å². The monoisotopic (exact) mass is 1130 g/mol. The predicted molar refractivity (Wildman–Crippen MR) is 293 cm³/mol. The zero-order valence-electron chi connectivity index (χ0n) is 47.6. The van der Waals surface area contributed by atoms with E-state index in [0.717, 1.165) is 0 Å². The van der Waals surface area contributed by atoms with Crippen LogP contribution in [0.3, 0.4) is 0 Å². The molecule has 9 atom stereocenters. The largest absolute Gasteiger partial charge is 0.497 e. The Morgan fingerprint density at radius 1 is 0.329 bits per heavy atom. The molecule has 20 heteroatoms. The second kappa shape index (κ2) is 24.3. The highest BCUT2D eigenvalue weighted by Crippen LogP contribution is 2.63. The molecule has 0 radical (unpaired) electrons. The lowest BCUT2D eigenvalue weighted by Crippen LogP contribution is -2.41. The van der Waals surface area contributed by atoms with E-state index in [0.29, 0.717) is 61.9 Å². The highest BCUT2D eigenvalue weighted by Gasteiger charge is 2.53. The minimum atomic E-state index is -1.36. The molecule has 432 valence electrons. The van der Waals surface area contributed by atoms with Gasteiger partial charge < -0.3 is 75.8 Å². The first-order chi connectivity index (χ1) is 39.6. The van der Waals surface area contributed by atoms with Crippen molar-refractivity contribution < 1.29 is 95.0 Å². The summed E-state index contributed by atoms with van der Waals surface area (Å²) in [7, 11) is 13.4. The summed E-state index contributed by atoms with van der Waals surface area (Å²) in [6.45, 7) is 5.05. The van der Waals surface area contributed by atoms with Crippen LogP contribution in [-0.4, -0.2) is 106 Å². The molecule has 0 saturated carbocycles. The van der Waals surface area contributed by atoms with E-state index in [1.54, 1.807) is 98.1 Å². The van der Waals surface area contributed by atoms with Gasteiger partial charge in [-0.05, 0) is 71.3 Å². The Labute approximate surface area is 474 Å². The average Bonchev–Trinajstić information content (AvgIpc) is 1.30. The first kappa shape index (κ1) is 57.5. The summed E-state index contributed by atoms with van der Waals surface area (Å²) >= 11 is 0.